The van der Waals surface area contributed by atoms with Gasteiger partial charge in [0.1, 0.15) is 0 Å². The van der Waals surface area contributed by atoms with Gasteiger partial charge in [0, 0.05) is 28.5 Å². The number of benzene rings is 2. The van der Waals surface area contributed by atoms with E-state index in [9.17, 15) is 4.79 Å². The summed E-state index contributed by atoms with van der Waals surface area (Å²) in [7, 11) is 0. The molecule has 1 heterocycles. The van der Waals surface area contributed by atoms with Gasteiger partial charge < -0.3 is 10.6 Å². The molecule has 0 unspecified atom stereocenters. The molecule has 2 aromatic carbocycles. The molecule has 5 heteroatoms. The number of likely N-dealkylation sites (tertiary alicyclic amines) is 1. The number of rotatable bonds is 7. The van der Waals surface area contributed by atoms with Crippen molar-refractivity contribution in [2.75, 3.05) is 6.54 Å². The Morgan fingerprint density at radius 1 is 1.20 bits per heavy atom. The summed E-state index contributed by atoms with van der Waals surface area (Å²) in [6.07, 6.45) is 3.96. The highest BCUT2D eigenvalue weighted by Crippen LogP contribution is 2.52. The van der Waals surface area contributed by atoms with Crippen molar-refractivity contribution in [1.29, 1.82) is 0 Å². The largest absolute Gasteiger partial charge is 0.330 e. The number of carbonyl (C=O) groups excluding carboxylic acids is 1. The van der Waals surface area contributed by atoms with E-state index < -0.39 is 5.41 Å². The Morgan fingerprint density at radius 3 is 2.47 bits per heavy atom. The second-order valence-electron chi connectivity index (χ2n) is 8.43. The van der Waals surface area contributed by atoms with Crippen molar-refractivity contribution in [3.8, 4) is 0 Å². The van der Waals surface area contributed by atoms with Crippen LogP contribution in [-0.4, -0.2) is 23.4 Å². The molecule has 30 heavy (non-hydrogen) atoms. The smallest absolute Gasteiger partial charge is 0.229 e. The van der Waals surface area contributed by atoms with E-state index in [0.29, 0.717) is 29.4 Å². The van der Waals surface area contributed by atoms with E-state index in [1.54, 1.807) is 0 Å². The van der Waals surface area contributed by atoms with Gasteiger partial charge in [0.25, 0.3) is 0 Å². The fourth-order valence-electron chi connectivity index (χ4n) is 4.77. The van der Waals surface area contributed by atoms with Crippen LogP contribution in [0.25, 0.3) is 0 Å². The number of halogens is 2. The molecule has 0 aromatic heterocycles. The van der Waals surface area contributed by atoms with Gasteiger partial charge >= 0.3 is 0 Å². The molecule has 1 fully saturated rings. The Bertz CT molecular complexity index is 894. The van der Waals surface area contributed by atoms with Crippen LogP contribution in [0.1, 0.15) is 56.2 Å². The maximum Gasteiger partial charge on any atom is 0.229 e. The molecule has 3 nitrogen and oxygen atoms in total. The number of nitrogens with two attached hydrogens (primary N) is 1. The molecule has 0 saturated carbocycles. The van der Waals surface area contributed by atoms with Crippen LogP contribution in [0, 0.1) is 5.41 Å². The molecule has 0 bridgehead atoms. The minimum Gasteiger partial charge on any atom is -0.330 e. The zero-order valence-corrected chi connectivity index (χ0v) is 19.2. The molecule has 1 saturated heterocycles. The van der Waals surface area contributed by atoms with Crippen molar-refractivity contribution >= 4 is 29.1 Å². The maximum atomic E-state index is 13.9. The summed E-state index contributed by atoms with van der Waals surface area (Å²) in [6, 6.07) is 15.6. The van der Waals surface area contributed by atoms with Crippen molar-refractivity contribution in [2.45, 2.75) is 51.1 Å². The Balaban J connectivity index is 2.22. The SMILES string of the molecule is C=CC[C@@]1(C)C[C@H](c2cccc(Cl)c2)[C@@H](c2ccc(Cl)cc2)N([C@H](CC)CN)C1=O. The molecule has 1 amide bonds. The number of amides is 1. The molecule has 1 aliphatic rings. The van der Waals surface area contributed by atoms with Crippen LogP contribution in [0.3, 0.4) is 0 Å². The van der Waals surface area contributed by atoms with Crippen LogP contribution in [0.15, 0.2) is 61.2 Å². The van der Waals surface area contributed by atoms with Gasteiger partial charge in [-0.3, -0.25) is 4.79 Å². The van der Waals surface area contributed by atoms with E-state index in [2.05, 4.69) is 19.6 Å². The number of hydrogen-bond acceptors (Lipinski definition) is 2. The zero-order chi connectivity index (χ0) is 21.9. The molecule has 160 valence electrons. The second-order valence-corrected chi connectivity index (χ2v) is 9.30. The number of carbonyl (C=O) groups is 1. The highest BCUT2D eigenvalue weighted by atomic mass is 35.5. The third-order valence-electron chi connectivity index (χ3n) is 6.32. The van der Waals surface area contributed by atoms with Gasteiger partial charge in [-0.15, -0.1) is 6.58 Å². The lowest BCUT2D eigenvalue weighted by Crippen LogP contribution is -2.57. The van der Waals surface area contributed by atoms with Crippen LogP contribution in [0.4, 0.5) is 0 Å². The molecule has 3 rings (SSSR count). The van der Waals surface area contributed by atoms with E-state index in [-0.39, 0.29) is 23.9 Å². The van der Waals surface area contributed by atoms with Gasteiger partial charge in [-0.2, -0.15) is 0 Å². The van der Waals surface area contributed by atoms with E-state index >= 15 is 0 Å². The van der Waals surface area contributed by atoms with Crippen molar-refractivity contribution in [2.24, 2.45) is 11.1 Å². The number of allylic oxidation sites excluding steroid dienone is 1. The Kier molecular flexibility index (Phi) is 7.28. The molecule has 1 aliphatic heterocycles. The molecule has 2 aromatic rings. The summed E-state index contributed by atoms with van der Waals surface area (Å²) < 4.78 is 0. The summed E-state index contributed by atoms with van der Waals surface area (Å²) in [4.78, 5) is 15.9. The van der Waals surface area contributed by atoms with Crippen LogP contribution >= 0.6 is 23.2 Å². The van der Waals surface area contributed by atoms with Gasteiger partial charge in [-0.25, -0.2) is 0 Å². The third kappa shape index (κ3) is 4.44. The topological polar surface area (TPSA) is 46.3 Å². The average Bonchev–Trinajstić information content (AvgIpc) is 2.73. The first-order chi connectivity index (χ1) is 14.3. The Labute approximate surface area is 189 Å². The highest BCUT2D eigenvalue weighted by Gasteiger charge is 2.50. The molecule has 4 atom stereocenters. The van der Waals surface area contributed by atoms with Crippen LogP contribution in [0.2, 0.25) is 10.0 Å². The average molecular weight is 445 g/mol. The Morgan fingerprint density at radius 2 is 1.90 bits per heavy atom. The van der Waals surface area contributed by atoms with Crippen LogP contribution in [0.5, 0.6) is 0 Å². The van der Waals surface area contributed by atoms with Gasteiger partial charge in [0.2, 0.25) is 5.91 Å². The van der Waals surface area contributed by atoms with Gasteiger partial charge in [0.05, 0.1) is 11.5 Å². The lowest BCUT2D eigenvalue weighted by Gasteiger charge is -2.52. The minimum atomic E-state index is -0.541. The van der Waals surface area contributed by atoms with Crippen molar-refractivity contribution in [1.82, 2.24) is 4.90 Å². The first-order valence-corrected chi connectivity index (χ1v) is 11.2. The maximum absolute atomic E-state index is 13.9. The quantitative estimate of drug-likeness (QED) is 0.504. The second kappa shape index (κ2) is 9.55. The van der Waals surface area contributed by atoms with Crippen LogP contribution in [-0.2, 0) is 4.79 Å². The third-order valence-corrected chi connectivity index (χ3v) is 6.81. The number of piperidine rings is 1. The Hall–Kier alpha value is -1.81. The van der Waals surface area contributed by atoms with Gasteiger partial charge in [-0.1, -0.05) is 67.4 Å². The fourth-order valence-corrected chi connectivity index (χ4v) is 5.09. The van der Waals surface area contributed by atoms with Crippen molar-refractivity contribution < 1.29 is 4.79 Å². The summed E-state index contributed by atoms with van der Waals surface area (Å²) in [5.41, 5.74) is 7.80. The predicted octanol–water partition coefficient (Wildman–Crippen LogP) is 6.37. The van der Waals surface area contributed by atoms with Crippen molar-refractivity contribution in [3.63, 3.8) is 0 Å². The first-order valence-electron chi connectivity index (χ1n) is 10.5. The zero-order valence-electron chi connectivity index (χ0n) is 17.7. The highest BCUT2D eigenvalue weighted by molar-refractivity contribution is 6.30. The standard InChI is InChI=1S/C25H30Cl2N2O/c1-4-13-25(3)15-22(18-7-6-8-20(27)14-18)23(17-9-11-19(26)12-10-17)29(24(25)30)21(5-2)16-28/h4,6-12,14,21-23H,1,5,13,15-16,28H2,2-3H3/t21-,22-,23-,25+/m1/s1. The predicted molar refractivity (Wildman–Crippen MR) is 126 cm³/mol. The van der Waals surface area contributed by atoms with Crippen molar-refractivity contribution in [3.05, 3.63) is 82.4 Å². The summed E-state index contributed by atoms with van der Waals surface area (Å²) in [6.45, 7) is 8.45. The van der Waals surface area contributed by atoms with Gasteiger partial charge in [0.15, 0.2) is 0 Å². The molecule has 0 aliphatic carbocycles. The monoisotopic (exact) mass is 444 g/mol. The number of nitrogens with zero attached hydrogens (tertiary/aromatic N) is 1. The summed E-state index contributed by atoms with van der Waals surface area (Å²) in [5.74, 6) is 0.214. The molecular weight excluding hydrogens is 415 g/mol. The van der Waals surface area contributed by atoms with E-state index in [1.165, 1.54) is 0 Å². The first kappa shape index (κ1) is 22.9. The molecular formula is C25H30Cl2N2O. The fraction of sp³-hybridized carbons (Fsp3) is 0.400. The summed E-state index contributed by atoms with van der Waals surface area (Å²) >= 11 is 12.5. The number of hydrogen-bond donors (Lipinski definition) is 1. The molecule has 2 N–H and O–H groups in total. The summed E-state index contributed by atoms with van der Waals surface area (Å²) in [5, 5.41) is 1.37. The lowest BCUT2D eigenvalue weighted by molar-refractivity contribution is -0.154. The normalized spacial score (nSPS) is 25.2. The van der Waals surface area contributed by atoms with Gasteiger partial charge in [-0.05, 0) is 54.7 Å². The van der Waals surface area contributed by atoms with E-state index in [1.807, 2.05) is 60.4 Å². The molecule has 0 radical (unpaired) electrons. The van der Waals surface area contributed by atoms with E-state index in [4.69, 9.17) is 28.9 Å². The van der Waals surface area contributed by atoms with E-state index in [0.717, 1.165) is 17.5 Å². The minimum absolute atomic E-state index is 0.0516. The lowest BCUT2D eigenvalue weighted by atomic mass is 9.67. The molecule has 0 spiro atoms. The van der Waals surface area contributed by atoms with Crippen LogP contribution < -0.4 is 5.73 Å².